The van der Waals surface area contributed by atoms with Gasteiger partial charge in [0.15, 0.2) is 0 Å². The number of hydrogen-bond acceptors (Lipinski definition) is 5. The second-order valence-electron chi connectivity index (χ2n) is 7.38. The zero-order valence-corrected chi connectivity index (χ0v) is 14.9. The van der Waals surface area contributed by atoms with Crippen molar-refractivity contribution in [1.82, 2.24) is 4.90 Å². The summed E-state index contributed by atoms with van der Waals surface area (Å²) in [6, 6.07) is 0. The number of nitrogens with zero attached hydrogens (tertiary/aromatic N) is 3. The molecule has 25 heavy (non-hydrogen) atoms. The topological polar surface area (TPSA) is 57.4 Å². The average molecular weight is 341 g/mol. The summed E-state index contributed by atoms with van der Waals surface area (Å²) in [5.74, 6) is 0. The first kappa shape index (κ1) is 16.9. The van der Waals surface area contributed by atoms with E-state index in [9.17, 15) is 5.11 Å². The first-order chi connectivity index (χ1) is 12.2. The molecule has 5 heteroatoms. The highest BCUT2D eigenvalue weighted by molar-refractivity contribution is 6.10. The summed E-state index contributed by atoms with van der Waals surface area (Å²) >= 11 is 0. The van der Waals surface area contributed by atoms with Crippen LogP contribution >= 0.6 is 0 Å². The zero-order chi connectivity index (χ0) is 17.3. The highest BCUT2D eigenvalue weighted by atomic mass is 16.5. The van der Waals surface area contributed by atoms with E-state index in [2.05, 4.69) is 35.0 Å². The second kappa shape index (κ2) is 6.63. The molecule has 1 spiro atoms. The van der Waals surface area contributed by atoms with Gasteiger partial charge in [0.25, 0.3) is 0 Å². The number of dihydropyridines is 1. The van der Waals surface area contributed by atoms with E-state index in [0.29, 0.717) is 13.2 Å². The van der Waals surface area contributed by atoms with Crippen LogP contribution in [-0.4, -0.2) is 59.0 Å². The maximum Gasteiger partial charge on any atom is 0.126 e. The van der Waals surface area contributed by atoms with Gasteiger partial charge >= 0.3 is 0 Å². The molecule has 4 aliphatic rings. The van der Waals surface area contributed by atoms with E-state index >= 15 is 0 Å². The maximum atomic E-state index is 10.9. The van der Waals surface area contributed by atoms with Crippen molar-refractivity contribution < 1.29 is 9.84 Å². The van der Waals surface area contributed by atoms with Crippen molar-refractivity contribution in [2.24, 2.45) is 9.98 Å². The van der Waals surface area contributed by atoms with Gasteiger partial charge in [-0.25, -0.2) is 0 Å². The summed E-state index contributed by atoms with van der Waals surface area (Å²) in [4.78, 5) is 12.1. The predicted octanol–water partition coefficient (Wildman–Crippen LogP) is 2.63. The molecule has 2 atom stereocenters. The number of allylic oxidation sites excluding steroid dienone is 3. The van der Waals surface area contributed by atoms with Crippen LogP contribution in [0.4, 0.5) is 0 Å². The van der Waals surface area contributed by atoms with Crippen molar-refractivity contribution >= 4 is 11.9 Å². The standard InChI is InChI=1S/C20H27N3O2/c1-2-5-18-22-17-7-3-6-16-20(17,8-4-12-21-16)23(18)13-9-19(24)10-14-25-15-11-19/h3-4,6-8,12,18,24H,2,5,9-11,13-15H2,1H3. The Hall–Kier alpha value is -1.56. The molecule has 0 aromatic heterocycles. The Morgan fingerprint density at radius 3 is 2.96 bits per heavy atom. The van der Waals surface area contributed by atoms with Crippen molar-refractivity contribution in [3.63, 3.8) is 0 Å². The van der Waals surface area contributed by atoms with Crippen LogP contribution in [0.3, 0.4) is 0 Å². The summed E-state index contributed by atoms with van der Waals surface area (Å²) in [5, 5.41) is 10.9. The first-order valence-corrected chi connectivity index (χ1v) is 9.44. The number of aliphatic hydroxyl groups is 1. The van der Waals surface area contributed by atoms with E-state index in [0.717, 1.165) is 50.1 Å². The fraction of sp³-hybridized carbons (Fsp3) is 0.600. The molecule has 0 aromatic rings. The molecule has 3 heterocycles. The number of rotatable bonds is 5. The van der Waals surface area contributed by atoms with Crippen LogP contribution in [0.5, 0.6) is 0 Å². The largest absolute Gasteiger partial charge is 0.390 e. The average Bonchev–Trinajstić information content (AvgIpc) is 2.92. The fourth-order valence-corrected chi connectivity index (χ4v) is 4.36. The Kier molecular flexibility index (Phi) is 4.48. The lowest BCUT2D eigenvalue weighted by atomic mass is 9.82. The van der Waals surface area contributed by atoms with E-state index in [-0.39, 0.29) is 11.7 Å². The normalized spacial score (nSPS) is 33.0. The Morgan fingerprint density at radius 1 is 1.32 bits per heavy atom. The summed E-state index contributed by atoms with van der Waals surface area (Å²) < 4.78 is 5.42. The lowest BCUT2D eigenvalue weighted by Gasteiger charge is -2.43. The van der Waals surface area contributed by atoms with Gasteiger partial charge in [0.1, 0.15) is 11.7 Å². The van der Waals surface area contributed by atoms with Crippen molar-refractivity contribution in [3.05, 3.63) is 36.1 Å². The molecule has 1 aliphatic carbocycles. The quantitative estimate of drug-likeness (QED) is 0.836. The minimum absolute atomic E-state index is 0.146. The second-order valence-corrected chi connectivity index (χ2v) is 7.38. The Morgan fingerprint density at radius 2 is 2.16 bits per heavy atom. The summed E-state index contributed by atoms with van der Waals surface area (Å²) in [7, 11) is 0. The van der Waals surface area contributed by atoms with Gasteiger partial charge in [-0.05, 0) is 43.9 Å². The zero-order valence-electron chi connectivity index (χ0n) is 14.9. The van der Waals surface area contributed by atoms with Crippen LogP contribution in [0.15, 0.2) is 46.1 Å². The van der Waals surface area contributed by atoms with Crippen molar-refractivity contribution in [1.29, 1.82) is 0 Å². The van der Waals surface area contributed by atoms with Gasteiger partial charge in [-0.15, -0.1) is 0 Å². The van der Waals surface area contributed by atoms with Gasteiger partial charge in [0, 0.05) is 26.0 Å². The Balaban J connectivity index is 1.61. The highest BCUT2D eigenvalue weighted by Gasteiger charge is 2.51. The third-order valence-electron chi connectivity index (χ3n) is 5.82. The third kappa shape index (κ3) is 2.84. The first-order valence-electron chi connectivity index (χ1n) is 9.44. The number of aliphatic imine (C=N–C) groups is 2. The van der Waals surface area contributed by atoms with E-state index < -0.39 is 5.60 Å². The Bertz CT molecular complexity index is 670. The molecule has 1 N–H and O–H groups in total. The van der Waals surface area contributed by atoms with Gasteiger partial charge in [-0.2, -0.15) is 0 Å². The molecule has 2 unspecified atom stereocenters. The molecular formula is C20H27N3O2. The molecule has 1 saturated heterocycles. The van der Waals surface area contributed by atoms with E-state index in [4.69, 9.17) is 9.73 Å². The Labute approximate surface area is 149 Å². The molecule has 0 saturated carbocycles. The summed E-state index contributed by atoms with van der Waals surface area (Å²) in [6.07, 6.45) is 16.8. The molecule has 134 valence electrons. The molecule has 0 aromatic carbocycles. The maximum absolute atomic E-state index is 10.9. The van der Waals surface area contributed by atoms with Gasteiger partial charge in [0.05, 0.1) is 17.0 Å². The number of hydrogen-bond donors (Lipinski definition) is 1. The molecule has 4 rings (SSSR count). The summed E-state index contributed by atoms with van der Waals surface area (Å²) in [5.41, 5.74) is 1.14. The molecule has 0 radical (unpaired) electrons. The molecular weight excluding hydrogens is 314 g/mol. The van der Waals surface area contributed by atoms with Crippen molar-refractivity contribution in [3.8, 4) is 0 Å². The van der Waals surface area contributed by atoms with E-state index in [1.807, 2.05) is 18.4 Å². The SMILES string of the molecule is CCCC1N=C2C=CC=C3N=CC=CC32N1CCC1(O)CCOCC1. The van der Waals surface area contributed by atoms with E-state index in [1.54, 1.807) is 0 Å². The minimum atomic E-state index is -0.621. The highest BCUT2D eigenvalue weighted by Crippen LogP contribution is 2.42. The lowest BCUT2D eigenvalue weighted by molar-refractivity contribution is -0.0740. The van der Waals surface area contributed by atoms with E-state index in [1.165, 1.54) is 0 Å². The smallest absolute Gasteiger partial charge is 0.126 e. The van der Waals surface area contributed by atoms with Crippen LogP contribution in [0.1, 0.15) is 39.0 Å². The van der Waals surface area contributed by atoms with Crippen LogP contribution < -0.4 is 0 Å². The van der Waals surface area contributed by atoms with Crippen LogP contribution in [0.25, 0.3) is 0 Å². The molecule has 0 amide bonds. The monoisotopic (exact) mass is 341 g/mol. The number of ether oxygens (including phenoxy) is 1. The predicted molar refractivity (Wildman–Crippen MR) is 100 cm³/mol. The minimum Gasteiger partial charge on any atom is -0.390 e. The van der Waals surface area contributed by atoms with Crippen molar-refractivity contribution in [2.75, 3.05) is 19.8 Å². The van der Waals surface area contributed by atoms with Gasteiger partial charge in [-0.1, -0.05) is 25.5 Å². The van der Waals surface area contributed by atoms with Crippen molar-refractivity contribution in [2.45, 2.75) is 56.3 Å². The van der Waals surface area contributed by atoms with Crippen LogP contribution in [0.2, 0.25) is 0 Å². The van der Waals surface area contributed by atoms with Gasteiger partial charge in [-0.3, -0.25) is 14.9 Å². The molecule has 5 nitrogen and oxygen atoms in total. The van der Waals surface area contributed by atoms with Crippen LogP contribution in [0, 0.1) is 0 Å². The molecule has 3 aliphatic heterocycles. The lowest BCUT2D eigenvalue weighted by Crippen LogP contribution is -2.55. The third-order valence-corrected chi connectivity index (χ3v) is 5.82. The fourth-order valence-electron chi connectivity index (χ4n) is 4.36. The molecule has 1 fully saturated rings. The van der Waals surface area contributed by atoms with Crippen LogP contribution in [-0.2, 0) is 4.74 Å². The summed E-state index contributed by atoms with van der Waals surface area (Å²) in [6.45, 7) is 4.31. The molecule has 0 bridgehead atoms. The van der Waals surface area contributed by atoms with Gasteiger partial charge < -0.3 is 9.84 Å². The van der Waals surface area contributed by atoms with Gasteiger partial charge in [0.2, 0.25) is 0 Å².